The largest absolute Gasteiger partial charge is 0.462 e. The number of benzene rings is 2. The third-order valence-electron chi connectivity index (χ3n) is 8.46. The van der Waals surface area contributed by atoms with Crippen LogP contribution in [-0.4, -0.2) is 80.1 Å². The molecule has 0 spiro atoms. The molecule has 2 N–H and O–H groups in total. The number of nitrogens with one attached hydrogen (secondary N) is 1. The number of rotatable bonds is 15. The molecule has 3 aromatic rings. The maximum atomic E-state index is 14.1. The van der Waals surface area contributed by atoms with Crippen LogP contribution >= 0.6 is 11.3 Å². The summed E-state index contributed by atoms with van der Waals surface area (Å²) in [5.41, 5.74) is 1.68. The number of esters is 1. The Morgan fingerprint density at radius 1 is 1.07 bits per heavy atom. The molecule has 5 atom stereocenters. The number of aliphatic hydroxyl groups excluding tert-OH is 1. The highest BCUT2D eigenvalue weighted by Crippen LogP contribution is 2.34. The fourth-order valence-electron chi connectivity index (χ4n) is 6.08. The average molecular weight is 674 g/mol. The minimum absolute atomic E-state index is 0.000163. The number of sulfonamides is 1. The molecule has 0 radical (unpaired) electrons. The van der Waals surface area contributed by atoms with E-state index in [2.05, 4.69) is 24.1 Å². The van der Waals surface area contributed by atoms with Crippen molar-refractivity contribution in [3.8, 4) is 0 Å². The van der Waals surface area contributed by atoms with E-state index in [4.69, 9.17) is 14.2 Å². The molecule has 2 saturated heterocycles. The molecule has 2 aliphatic heterocycles. The number of nitrogens with zero attached hydrogens (tertiary/aromatic N) is 2. The minimum Gasteiger partial charge on any atom is -0.462 e. The number of fused-ring (bicyclic) bond motifs is 2. The summed E-state index contributed by atoms with van der Waals surface area (Å²) >= 11 is 1.42. The molecular weight excluding hydrogens is 627 g/mol. The summed E-state index contributed by atoms with van der Waals surface area (Å²) in [5.74, 6) is -0.516. The molecule has 0 aliphatic carbocycles. The van der Waals surface area contributed by atoms with E-state index in [0.29, 0.717) is 32.0 Å². The van der Waals surface area contributed by atoms with Gasteiger partial charge in [-0.25, -0.2) is 13.4 Å². The predicted molar refractivity (Wildman–Crippen MR) is 179 cm³/mol. The minimum atomic E-state index is -3.98. The van der Waals surface area contributed by atoms with E-state index in [9.17, 15) is 18.3 Å². The Balaban J connectivity index is 1.34. The van der Waals surface area contributed by atoms with Crippen LogP contribution in [0.4, 0.5) is 5.13 Å². The van der Waals surface area contributed by atoms with Gasteiger partial charge in [0.05, 0.1) is 40.9 Å². The Hall–Kier alpha value is -2.61. The molecule has 2 aliphatic rings. The molecule has 1 aromatic heterocycles. The van der Waals surface area contributed by atoms with Gasteiger partial charge in [0.25, 0.3) is 0 Å². The van der Waals surface area contributed by atoms with Crippen molar-refractivity contribution in [1.82, 2.24) is 9.29 Å². The van der Waals surface area contributed by atoms with Crippen molar-refractivity contribution in [2.45, 2.75) is 76.8 Å². The van der Waals surface area contributed by atoms with Gasteiger partial charge in [-0.2, -0.15) is 4.31 Å². The summed E-state index contributed by atoms with van der Waals surface area (Å²) in [5, 5.41) is 15.7. The first-order chi connectivity index (χ1) is 22.0. The lowest BCUT2D eigenvalue weighted by Gasteiger charge is -2.33. The zero-order valence-electron chi connectivity index (χ0n) is 27.1. The van der Waals surface area contributed by atoms with Crippen LogP contribution in [0.5, 0.6) is 0 Å². The smallest absolute Gasteiger partial charge is 0.306 e. The third kappa shape index (κ3) is 8.84. The first kappa shape index (κ1) is 34.7. The molecule has 0 saturated carbocycles. The summed E-state index contributed by atoms with van der Waals surface area (Å²) in [7, 11) is -3.98. The maximum Gasteiger partial charge on any atom is 0.306 e. The lowest BCUT2D eigenvalue weighted by atomic mass is 9.90. The van der Waals surface area contributed by atoms with Crippen LogP contribution in [0, 0.1) is 23.7 Å². The van der Waals surface area contributed by atoms with E-state index >= 15 is 0 Å². The Morgan fingerprint density at radius 3 is 2.52 bits per heavy atom. The summed E-state index contributed by atoms with van der Waals surface area (Å²) in [6, 6.07) is 14.6. The second-order valence-electron chi connectivity index (χ2n) is 13.2. The molecule has 2 aromatic carbocycles. The first-order valence-corrected chi connectivity index (χ1v) is 18.5. The van der Waals surface area contributed by atoms with E-state index < -0.39 is 28.0 Å². The molecule has 46 heavy (non-hydrogen) atoms. The molecular formula is C34H47N3O7S2. The molecule has 0 amide bonds. The van der Waals surface area contributed by atoms with Gasteiger partial charge in [-0.3, -0.25) is 4.79 Å². The number of aromatic nitrogens is 1. The van der Waals surface area contributed by atoms with Gasteiger partial charge in [-0.1, -0.05) is 69.4 Å². The average Bonchev–Trinajstić information content (AvgIpc) is 3.67. The number of thiazole rings is 1. The summed E-state index contributed by atoms with van der Waals surface area (Å²) in [6.07, 6.45) is -0.0407. The molecule has 10 nitrogen and oxygen atoms in total. The molecule has 0 unspecified atom stereocenters. The van der Waals surface area contributed by atoms with E-state index in [1.165, 1.54) is 15.6 Å². The van der Waals surface area contributed by atoms with Crippen molar-refractivity contribution in [1.29, 1.82) is 0 Å². The zero-order chi connectivity index (χ0) is 32.8. The Kier molecular flexibility index (Phi) is 11.7. The molecule has 2 fully saturated rings. The van der Waals surface area contributed by atoms with Crippen LogP contribution in [0.2, 0.25) is 0 Å². The van der Waals surface area contributed by atoms with Crippen LogP contribution in [-0.2, 0) is 35.4 Å². The zero-order valence-corrected chi connectivity index (χ0v) is 28.8. The number of ether oxygens (including phenoxy) is 3. The van der Waals surface area contributed by atoms with Crippen LogP contribution in [0.25, 0.3) is 10.2 Å². The van der Waals surface area contributed by atoms with Crippen molar-refractivity contribution in [2.24, 2.45) is 23.7 Å². The molecule has 5 rings (SSSR count). The lowest BCUT2D eigenvalue weighted by molar-refractivity contribution is -0.195. The van der Waals surface area contributed by atoms with Gasteiger partial charge < -0.3 is 24.6 Å². The highest BCUT2D eigenvalue weighted by molar-refractivity contribution is 7.89. The fourth-order valence-corrected chi connectivity index (χ4v) is 8.72. The fraction of sp³-hybridized carbons (Fsp3) is 0.588. The van der Waals surface area contributed by atoms with Crippen LogP contribution < -0.4 is 5.32 Å². The molecule has 252 valence electrons. The van der Waals surface area contributed by atoms with Crippen LogP contribution in [0.15, 0.2) is 53.4 Å². The summed E-state index contributed by atoms with van der Waals surface area (Å²) in [4.78, 5) is 18.1. The van der Waals surface area contributed by atoms with Crippen molar-refractivity contribution >= 4 is 42.7 Å². The SMILES string of the molecule is CC(C)CNc1nc2ccc(S(=O)(=O)N(CC(C)C)C[C@@H](O)[C@@H](CC(=O)O[C@H]3CCO[C@H]4OCC[C@H]43)Cc3ccccc3)cc2s1. The van der Waals surface area contributed by atoms with Gasteiger partial charge in [-0.15, -0.1) is 0 Å². The van der Waals surface area contributed by atoms with Gasteiger partial charge in [0.15, 0.2) is 11.4 Å². The Labute approximate surface area is 276 Å². The van der Waals surface area contributed by atoms with Gasteiger partial charge >= 0.3 is 5.97 Å². The van der Waals surface area contributed by atoms with E-state index in [1.54, 1.807) is 18.2 Å². The normalized spacial score (nSPS) is 21.5. The maximum absolute atomic E-state index is 14.1. The molecule has 0 bridgehead atoms. The van der Waals surface area contributed by atoms with Gasteiger partial charge in [0.2, 0.25) is 10.0 Å². The highest BCUT2D eigenvalue weighted by Gasteiger charge is 2.41. The van der Waals surface area contributed by atoms with Gasteiger partial charge in [0.1, 0.15) is 6.10 Å². The van der Waals surface area contributed by atoms with E-state index in [0.717, 1.165) is 33.9 Å². The highest BCUT2D eigenvalue weighted by atomic mass is 32.2. The summed E-state index contributed by atoms with van der Waals surface area (Å²) < 4.78 is 47.6. The number of aliphatic hydroxyl groups is 1. The number of carbonyl (C=O) groups is 1. The van der Waals surface area contributed by atoms with Crippen LogP contribution in [0.1, 0.15) is 52.5 Å². The summed E-state index contributed by atoms with van der Waals surface area (Å²) in [6.45, 7) is 9.99. The standard InChI is InChI=1S/C34H47N3O7S2/c1-22(2)19-35-34-36-28-11-10-26(18-31(28)45-34)46(40,41)37(20-23(3)4)21-29(38)25(16-24-8-6-5-7-9-24)17-32(39)44-30-13-15-43-33-27(30)12-14-42-33/h5-11,18,22-23,25,27,29-30,33,38H,12-17,19-21H2,1-4H3,(H,35,36)/t25-,27+,29-,30+,33-/m1/s1. The first-order valence-electron chi connectivity index (χ1n) is 16.3. The van der Waals surface area contributed by atoms with Crippen molar-refractivity contribution in [3.63, 3.8) is 0 Å². The van der Waals surface area contributed by atoms with Gasteiger partial charge in [-0.05, 0) is 48.4 Å². The lowest BCUT2D eigenvalue weighted by Crippen LogP contribution is -2.43. The van der Waals surface area contributed by atoms with Gasteiger partial charge in [0, 0.05) is 37.9 Å². The molecule has 3 heterocycles. The van der Waals surface area contributed by atoms with Crippen molar-refractivity contribution in [3.05, 3.63) is 54.1 Å². The Morgan fingerprint density at radius 2 is 1.80 bits per heavy atom. The van der Waals surface area contributed by atoms with E-state index in [-0.39, 0.29) is 48.6 Å². The topological polar surface area (TPSA) is 127 Å². The predicted octanol–water partition coefficient (Wildman–Crippen LogP) is 5.32. The van der Waals surface area contributed by atoms with Crippen molar-refractivity contribution in [2.75, 3.05) is 38.2 Å². The number of anilines is 1. The van der Waals surface area contributed by atoms with Crippen molar-refractivity contribution < 1.29 is 32.5 Å². The van der Waals surface area contributed by atoms with Crippen LogP contribution in [0.3, 0.4) is 0 Å². The second kappa shape index (κ2) is 15.5. The number of hydrogen-bond acceptors (Lipinski definition) is 10. The molecule has 12 heteroatoms. The number of carbonyl (C=O) groups excluding carboxylic acids is 1. The van der Waals surface area contributed by atoms with E-state index in [1.807, 2.05) is 44.2 Å². The number of hydrogen-bond donors (Lipinski definition) is 2. The monoisotopic (exact) mass is 673 g/mol. The quantitative estimate of drug-likeness (QED) is 0.206. The Bertz CT molecular complexity index is 1550. The third-order valence-corrected chi connectivity index (χ3v) is 11.3. The second-order valence-corrected chi connectivity index (χ2v) is 16.2.